The first-order chi connectivity index (χ1) is 15.9. The Kier molecular flexibility index (Phi) is 6.70. The molecule has 7 nitrogen and oxygen atoms in total. The molecule has 0 fully saturated rings. The van der Waals surface area contributed by atoms with E-state index in [1.807, 2.05) is 0 Å². The Labute approximate surface area is 189 Å². The monoisotopic (exact) mass is 481 g/mol. The minimum absolute atomic E-state index is 0.0157. The van der Waals surface area contributed by atoms with Crippen LogP contribution in [0.1, 0.15) is 32.0 Å². The van der Waals surface area contributed by atoms with E-state index in [9.17, 15) is 31.5 Å². The van der Waals surface area contributed by atoms with Gasteiger partial charge in [0, 0.05) is 11.9 Å². The van der Waals surface area contributed by atoms with Crippen LogP contribution in [-0.4, -0.2) is 23.9 Å². The summed E-state index contributed by atoms with van der Waals surface area (Å²) in [6.07, 6.45) is -3.63. The number of carbonyl (C=O) groups is 2. The predicted molar refractivity (Wildman–Crippen MR) is 110 cm³/mol. The standard InChI is InChI=1S/C22H16F5N3O4/c1-10-12(22(25,26)27)3-5-15(34-16-6-4-13(23)18(24)19(16)33-2)17(10)21(32)30-11-7-8-29-14(9-11)20(28)31/h3-9H,1-2H3,(H2,28,31)(H,29,30,32). The lowest BCUT2D eigenvalue weighted by molar-refractivity contribution is -0.138. The van der Waals surface area contributed by atoms with Crippen molar-refractivity contribution in [3.8, 4) is 17.2 Å². The lowest BCUT2D eigenvalue weighted by Crippen LogP contribution is -2.19. The number of hydrogen-bond acceptors (Lipinski definition) is 5. The van der Waals surface area contributed by atoms with Gasteiger partial charge in [0.05, 0.1) is 18.2 Å². The van der Waals surface area contributed by atoms with Gasteiger partial charge in [-0.15, -0.1) is 0 Å². The zero-order valence-corrected chi connectivity index (χ0v) is 17.6. The molecule has 0 aliphatic rings. The van der Waals surface area contributed by atoms with Crippen molar-refractivity contribution >= 4 is 17.5 Å². The zero-order valence-electron chi connectivity index (χ0n) is 17.6. The molecule has 0 saturated heterocycles. The van der Waals surface area contributed by atoms with E-state index in [0.717, 1.165) is 44.5 Å². The summed E-state index contributed by atoms with van der Waals surface area (Å²) in [4.78, 5) is 28.1. The highest BCUT2D eigenvalue weighted by Gasteiger charge is 2.35. The van der Waals surface area contributed by atoms with Crippen molar-refractivity contribution < 1.29 is 41.0 Å². The maximum Gasteiger partial charge on any atom is 0.416 e. The van der Waals surface area contributed by atoms with Crippen molar-refractivity contribution in [1.29, 1.82) is 0 Å². The van der Waals surface area contributed by atoms with Crippen LogP contribution in [0.15, 0.2) is 42.6 Å². The molecule has 1 aromatic heterocycles. The number of halogens is 5. The average Bonchev–Trinajstić information content (AvgIpc) is 2.76. The zero-order chi connectivity index (χ0) is 25.2. The smallest absolute Gasteiger partial charge is 0.416 e. The Hall–Kier alpha value is -4.22. The number of methoxy groups -OCH3 is 1. The molecule has 0 spiro atoms. The summed E-state index contributed by atoms with van der Waals surface area (Å²) >= 11 is 0. The van der Waals surface area contributed by atoms with Crippen molar-refractivity contribution in [3.05, 3.63) is 76.6 Å². The number of aromatic nitrogens is 1. The maximum atomic E-state index is 14.1. The van der Waals surface area contributed by atoms with Gasteiger partial charge >= 0.3 is 6.18 Å². The third-order valence-corrected chi connectivity index (χ3v) is 4.67. The van der Waals surface area contributed by atoms with Gasteiger partial charge < -0.3 is 20.5 Å². The second-order valence-electron chi connectivity index (χ2n) is 6.85. The maximum absolute atomic E-state index is 14.1. The van der Waals surface area contributed by atoms with Crippen LogP contribution in [0.5, 0.6) is 17.2 Å². The number of rotatable bonds is 6. The van der Waals surface area contributed by atoms with Crippen LogP contribution in [-0.2, 0) is 6.18 Å². The van der Waals surface area contributed by atoms with Crippen LogP contribution >= 0.6 is 0 Å². The van der Waals surface area contributed by atoms with Gasteiger partial charge in [0.15, 0.2) is 11.6 Å². The van der Waals surface area contributed by atoms with Gasteiger partial charge in [-0.25, -0.2) is 4.39 Å². The number of anilines is 1. The third kappa shape index (κ3) is 4.90. The van der Waals surface area contributed by atoms with Crippen molar-refractivity contribution in [2.75, 3.05) is 12.4 Å². The number of nitrogens with two attached hydrogens (primary N) is 1. The molecule has 3 aromatic rings. The Bertz CT molecular complexity index is 1280. The Morgan fingerprint density at radius 3 is 2.35 bits per heavy atom. The second-order valence-corrected chi connectivity index (χ2v) is 6.85. The fraction of sp³-hybridized carbons (Fsp3) is 0.136. The van der Waals surface area contributed by atoms with Crippen molar-refractivity contribution in [1.82, 2.24) is 4.98 Å². The van der Waals surface area contributed by atoms with Crippen LogP contribution in [0.2, 0.25) is 0 Å². The quantitative estimate of drug-likeness (QED) is 0.491. The first-order valence-corrected chi connectivity index (χ1v) is 9.41. The van der Waals surface area contributed by atoms with Crippen LogP contribution in [0, 0.1) is 18.6 Å². The largest absolute Gasteiger partial charge is 0.490 e. The fourth-order valence-electron chi connectivity index (χ4n) is 3.10. The third-order valence-electron chi connectivity index (χ3n) is 4.67. The fourth-order valence-corrected chi connectivity index (χ4v) is 3.10. The lowest BCUT2D eigenvalue weighted by atomic mass is 10.00. The van der Waals surface area contributed by atoms with Crippen molar-refractivity contribution in [2.24, 2.45) is 5.73 Å². The van der Waals surface area contributed by atoms with E-state index in [1.54, 1.807) is 0 Å². The number of amides is 2. The number of nitrogens with one attached hydrogen (secondary N) is 1. The SMILES string of the molecule is COc1c(Oc2ccc(C(F)(F)F)c(C)c2C(=O)Nc2ccnc(C(N)=O)c2)ccc(F)c1F. The molecule has 178 valence electrons. The minimum Gasteiger partial charge on any atom is -0.490 e. The number of primary amides is 1. The summed E-state index contributed by atoms with van der Waals surface area (Å²) in [7, 11) is 1.04. The molecule has 3 N–H and O–H groups in total. The van der Waals surface area contributed by atoms with Crippen molar-refractivity contribution in [3.63, 3.8) is 0 Å². The van der Waals surface area contributed by atoms with Crippen LogP contribution in [0.25, 0.3) is 0 Å². The topological polar surface area (TPSA) is 104 Å². The van der Waals surface area contributed by atoms with E-state index in [2.05, 4.69) is 10.3 Å². The first kappa shape index (κ1) is 24.4. The van der Waals surface area contributed by atoms with Gasteiger partial charge in [-0.1, -0.05) is 0 Å². The molecule has 0 atom stereocenters. The minimum atomic E-state index is -4.80. The van der Waals surface area contributed by atoms with Gasteiger partial charge in [0.2, 0.25) is 11.6 Å². The summed E-state index contributed by atoms with van der Waals surface area (Å²) in [6, 6.07) is 5.69. The number of ether oxygens (including phenoxy) is 2. The van der Waals surface area contributed by atoms with E-state index in [4.69, 9.17) is 15.2 Å². The van der Waals surface area contributed by atoms with Crippen LogP contribution in [0.3, 0.4) is 0 Å². The number of benzene rings is 2. The molecule has 0 bridgehead atoms. The molecular formula is C22H16F5N3O4. The number of pyridine rings is 1. The number of nitrogens with zero attached hydrogens (tertiary/aromatic N) is 1. The second kappa shape index (κ2) is 9.33. The molecule has 0 radical (unpaired) electrons. The number of carbonyl (C=O) groups excluding carboxylic acids is 2. The van der Waals surface area contributed by atoms with Crippen LogP contribution < -0.4 is 20.5 Å². The number of hydrogen-bond donors (Lipinski definition) is 2. The normalized spacial score (nSPS) is 11.1. The van der Waals surface area contributed by atoms with Crippen molar-refractivity contribution in [2.45, 2.75) is 13.1 Å². The highest BCUT2D eigenvalue weighted by Crippen LogP contribution is 2.40. The van der Waals surface area contributed by atoms with Crippen LogP contribution in [0.4, 0.5) is 27.6 Å². The highest BCUT2D eigenvalue weighted by molar-refractivity contribution is 6.08. The first-order valence-electron chi connectivity index (χ1n) is 9.41. The summed E-state index contributed by atoms with van der Waals surface area (Å²) in [5, 5.41) is 2.35. The summed E-state index contributed by atoms with van der Waals surface area (Å²) in [5.74, 6) is -5.98. The molecule has 12 heteroatoms. The molecule has 2 amide bonds. The molecule has 0 saturated carbocycles. The van der Waals surface area contributed by atoms with Gasteiger partial charge in [0.25, 0.3) is 11.8 Å². The molecule has 1 heterocycles. The molecule has 0 aliphatic carbocycles. The summed E-state index contributed by atoms with van der Waals surface area (Å²) in [5.41, 5.74) is 2.82. The Balaban J connectivity index is 2.11. The van der Waals surface area contributed by atoms with Gasteiger partial charge in [0.1, 0.15) is 11.4 Å². The van der Waals surface area contributed by atoms with Gasteiger partial charge in [-0.2, -0.15) is 17.6 Å². The van der Waals surface area contributed by atoms with E-state index >= 15 is 0 Å². The summed E-state index contributed by atoms with van der Waals surface area (Å²) < 4.78 is 78.4. The lowest BCUT2D eigenvalue weighted by Gasteiger charge is -2.19. The average molecular weight is 481 g/mol. The van der Waals surface area contributed by atoms with E-state index < -0.39 is 57.8 Å². The molecule has 2 aromatic carbocycles. The van der Waals surface area contributed by atoms with E-state index in [-0.39, 0.29) is 17.1 Å². The Morgan fingerprint density at radius 1 is 1.06 bits per heavy atom. The number of alkyl halides is 3. The highest BCUT2D eigenvalue weighted by atomic mass is 19.4. The molecule has 3 rings (SSSR count). The van der Waals surface area contributed by atoms with Gasteiger partial charge in [-0.3, -0.25) is 14.6 Å². The predicted octanol–water partition coefficient (Wildman–Crippen LogP) is 4.84. The Morgan fingerprint density at radius 2 is 1.74 bits per heavy atom. The molecular weight excluding hydrogens is 465 g/mol. The molecule has 0 aliphatic heterocycles. The summed E-state index contributed by atoms with van der Waals surface area (Å²) in [6.45, 7) is 1.05. The molecule has 0 unspecified atom stereocenters. The van der Waals surface area contributed by atoms with E-state index in [0.29, 0.717) is 6.07 Å². The van der Waals surface area contributed by atoms with Gasteiger partial charge in [-0.05, 0) is 48.9 Å². The van der Waals surface area contributed by atoms with E-state index in [1.165, 1.54) is 6.07 Å². The molecule has 34 heavy (non-hydrogen) atoms.